The number of ether oxygens (including phenoxy) is 4. The van der Waals surface area contributed by atoms with E-state index < -0.39 is 108 Å². The molecule has 2 aliphatic rings. The lowest BCUT2D eigenvalue weighted by molar-refractivity contribution is -0.141. The second kappa shape index (κ2) is 36.9. The van der Waals surface area contributed by atoms with Crippen LogP contribution < -0.4 is 28.1 Å². The van der Waals surface area contributed by atoms with Crippen LogP contribution in [0.4, 0.5) is 69.7 Å². The van der Waals surface area contributed by atoms with E-state index in [9.17, 15) is 71.9 Å². The number of rotatable bonds is 12. The summed E-state index contributed by atoms with van der Waals surface area (Å²) >= 11 is 3.22. The number of nitrogens with two attached hydrogens (primary N) is 3. The lowest BCUT2D eigenvalue weighted by Gasteiger charge is -2.32. The number of fused-ring (bicyclic) bond motifs is 4. The number of halogens is 13. The standard InChI is InChI=1S/2C21H21BF3N3O4.2C20H14F3N5O2.C5H5BrN2/c1-19(2)20(3,4)32-22(31-19)12-9-13(18(29)30-5)14-11-28(27-15(14)10-12)17-8-6-7-16(26-17)21(23,24)25;1-19(2)20(3,4)32-22(31-19)12-9-13(18(29)30-5)14-11-26-28(15(14)10-12)17-8-6-7-16(27-17)21(23,24)25;1-30-19(29)14-6-11(12-5-13(24)9-25-8-12)7-16-15(14)10-28(27-16)18-4-2-3-17(26-18)20(21,22)23;1-30-19(29)14-6-11(12-5-13(24)9-25-8-12)7-16-15(14)10-26-28(16)18-4-2-3-17(27-18)20(21,22)23;6-4-1-5(7)3-8-2-4/h2*6-11H,1-5H3;2*2-10H,24H2,1H3;1-3H,7H2. The van der Waals surface area contributed by atoms with E-state index in [-0.39, 0.29) is 45.5 Å². The van der Waals surface area contributed by atoms with Crippen LogP contribution in [0.3, 0.4) is 0 Å². The van der Waals surface area contributed by atoms with Gasteiger partial charge in [-0.25, -0.2) is 57.8 Å². The SMILES string of the molecule is COC(=O)c1cc(-c2cncc(N)c2)cc2c1cnn2-c1cccc(C(F)(F)F)n1.COC(=O)c1cc(-c2cncc(N)c2)cc2nn(-c3cccc(C(F)(F)F)n3)cc12.COC(=O)c1cc(B2OC(C)(C)C(C)(C)O2)cc2c1cnn2-c1cccc(C(F)(F)F)n1.COC(=O)c1cc(B2OC(C)(C)C(C)(C)O2)cc2nn(-c3cccc(C(F)(F)F)n3)cc12.Nc1cncc(Br)c1. The molecule has 0 saturated carbocycles. The predicted molar refractivity (Wildman–Crippen MR) is 464 cm³/mol. The lowest BCUT2D eigenvalue weighted by Crippen LogP contribution is -2.41. The van der Waals surface area contributed by atoms with Crippen molar-refractivity contribution in [1.29, 1.82) is 0 Å². The molecular weight excluding hydrogens is 1820 g/mol. The molecule has 682 valence electrons. The molecule has 11 aromatic heterocycles. The zero-order valence-electron chi connectivity index (χ0n) is 71.5. The van der Waals surface area contributed by atoms with Gasteiger partial charge in [0, 0.05) is 86.7 Å². The summed E-state index contributed by atoms with van der Waals surface area (Å²) < 4.78 is 207. The van der Waals surface area contributed by atoms with E-state index in [2.05, 4.69) is 71.2 Å². The summed E-state index contributed by atoms with van der Waals surface area (Å²) in [5.74, 6) is -2.64. The minimum atomic E-state index is -4.61. The van der Waals surface area contributed by atoms with Crippen molar-refractivity contribution < 1.29 is 109 Å². The highest BCUT2D eigenvalue weighted by Gasteiger charge is 2.54. The molecule has 0 aliphatic carbocycles. The van der Waals surface area contributed by atoms with Crippen molar-refractivity contribution in [1.82, 2.24) is 74.0 Å². The minimum absolute atomic E-state index is 0.0379. The molecule has 17 rings (SSSR count). The molecule has 0 amide bonds. The Hall–Kier alpha value is -14.3. The molecule has 0 spiro atoms. The third-order valence-corrected chi connectivity index (χ3v) is 21.7. The number of aromatic nitrogens is 15. The molecule has 0 bridgehead atoms. The van der Waals surface area contributed by atoms with Crippen LogP contribution in [0.2, 0.25) is 0 Å². The van der Waals surface area contributed by atoms with E-state index in [0.717, 1.165) is 28.7 Å². The zero-order chi connectivity index (χ0) is 95.9. The van der Waals surface area contributed by atoms with Crippen molar-refractivity contribution in [3.8, 4) is 45.5 Å². The lowest BCUT2D eigenvalue weighted by atomic mass is 9.77. The molecular formula is C87H75B2BrF12N18O12. The number of pyridine rings is 7. The normalized spacial score (nSPS) is 14.4. The maximum Gasteiger partial charge on any atom is 0.494 e. The first-order valence-electron chi connectivity index (χ1n) is 39.1. The van der Waals surface area contributed by atoms with E-state index in [1.54, 1.807) is 91.5 Å². The van der Waals surface area contributed by atoms with Crippen LogP contribution >= 0.6 is 15.9 Å². The Balaban J connectivity index is 0.000000145. The van der Waals surface area contributed by atoms with Crippen LogP contribution in [0.25, 0.3) is 89.1 Å². The van der Waals surface area contributed by atoms with Crippen LogP contribution in [0.5, 0.6) is 0 Å². The summed E-state index contributed by atoms with van der Waals surface area (Å²) in [4.78, 5) is 76.2. The summed E-state index contributed by atoms with van der Waals surface area (Å²) in [5.41, 5.74) is 17.6. The first-order chi connectivity index (χ1) is 62.0. The van der Waals surface area contributed by atoms with Crippen molar-refractivity contribution in [3.63, 3.8) is 0 Å². The Morgan fingerprint density at radius 2 is 0.674 bits per heavy atom. The summed E-state index contributed by atoms with van der Waals surface area (Å²) in [6.07, 6.45) is -3.37. The Labute approximate surface area is 750 Å². The van der Waals surface area contributed by atoms with Gasteiger partial charge in [-0.1, -0.05) is 24.3 Å². The fourth-order valence-electron chi connectivity index (χ4n) is 13.3. The molecule has 0 unspecified atom stereocenters. The molecule has 30 nitrogen and oxygen atoms in total. The van der Waals surface area contributed by atoms with Crippen LogP contribution in [0, 0.1) is 0 Å². The number of carbonyl (C=O) groups excluding carboxylic acids is 4. The molecule has 2 aliphatic heterocycles. The van der Waals surface area contributed by atoms with Gasteiger partial charge >= 0.3 is 62.8 Å². The van der Waals surface area contributed by atoms with Crippen LogP contribution in [0.1, 0.15) is 120 Å². The van der Waals surface area contributed by atoms with Crippen molar-refractivity contribution in [2.45, 2.75) is 102 Å². The molecule has 13 heterocycles. The predicted octanol–water partition coefficient (Wildman–Crippen LogP) is 16.2. The highest BCUT2D eigenvalue weighted by molar-refractivity contribution is 9.10. The molecule has 6 N–H and O–H groups in total. The topological polar surface area (TPSA) is 382 Å². The quantitative estimate of drug-likeness (QED) is 0.0442. The maximum absolute atomic E-state index is 13.2. The molecule has 0 radical (unpaired) electrons. The summed E-state index contributed by atoms with van der Waals surface area (Å²) in [6.45, 7) is 15.2. The van der Waals surface area contributed by atoms with Crippen LogP contribution in [-0.4, -0.2) is 163 Å². The molecule has 15 aromatic rings. The Morgan fingerprint density at radius 1 is 0.364 bits per heavy atom. The summed E-state index contributed by atoms with van der Waals surface area (Å²) in [6, 6.07) is 32.3. The number of esters is 4. The number of nitrogens with zero attached hydrogens (tertiary/aromatic N) is 15. The number of nitrogen functional groups attached to an aromatic ring is 3. The highest BCUT2D eigenvalue weighted by Crippen LogP contribution is 2.41. The summed E-state index contributed by atoms with van der Waals surface area (Å²) in [7, 11) is 3.40. The Bertz CT molecular complexity index is 6830. The monoisotopic (exact) mass is 1890 g/mol. The van der Waals surface area contributed by atoms with Crippen molar-refractivity contribution >= 4 is 126 Å². The van der Waals surface area contributed by atoms with E-state index in [0.29, 0.717) is 93.9 Å². The van der Waals surface area contributed by atoms with Gasteiger partial charge in [0.25, 0.3) is 0 Å². The molecule has 2 fully saturated rings. The molecule has 4 aromatic carbocycles. The van der Waals surface area contributed by atoms with Gasteiger partial charge in [0.05, 0.1) is 125 Å². The van der Waals surface area contributed by atoms with Crippen molar-refractivity contribution in [3.05, 3.63) is 251 Å². The van der Waals surface area contributed by atoms with Gasteiger partial charge in [-0.2, -0.15) is 73.1 Å². The molecule has 2 saturated heterocycles. The number of hydrogen-bond donors (Lipinski definition) is 3. The third kappa shape index (κ3) is 20.6. The number of methoxy groups -OCH3 is 4. The number of hydrogen-bond acceptors (Lipinski definition) is 26. The van der Waals surface area contributed by atoms with Gasteiger partial charge in [-0.05, 0) is 209 Å². The first-order valence-corrected chi connectivity index (χ1v) is 39.9. The van der Waals surface area contributed by atoms with Crippen LogP contribution in [0.15, 0.2) is 206 Å². The molecule has 45 heteroatoms. The second-order valence-electron chi connectivity index (χ2n) is 31.3. The average Bonchev–Trinajstić information content (AvgIpc) is 1.53. The molecule has 132 heavy (non-hydrogen) atoms. The van der Waals surface area contributed by atoms with Gasteiger partial charge in [-0.3, -0.25) is 15.0 Å². The Morgan fingerprint density at radius 3 is 1.02 bits per heavy atom. The van der Waals surface area contributed by atoms with E-state index in [4.69, 9.17) is 54.8 Å². The minimum Gasteiger partial charge on any atom is -0.465 e. The number of alkyl halides is 12. The smallest absolute Gasteiger partial charge is 0.465 e. The number of carbonyl (C=O) groups is 4. The largest absolute Gasteiger partial charge is 0.494 e. The van der Waals surface area contributed by atoms with Gasteiger partial charge in [0.15, 0.2) is 23.3 Å². The highest BCUT2D eigenvalue weighted by atomic mass is 79.9. The second-order valence-corrected chi connectivity index (χ2v) is 32.2. The molecule has 0 atom stereocenters. The summed E-state index contributed by atoms with van der Waals surface area (Å²) in [5, 5.41) is 18.6. The van der Waals surface area contributed by atoms with E-state index in [1.165, 1.54) is 133 Å². The van der Waals surface area contributed by atoms with Gasteiger partial charge in [-0.15, -0.1) is 0 Å². The van der Waals surface area contributed by atoms with Crippen LogP contribution in [-0.2, 0) is 62.3 Å². The average molecular weight is 1890 g/mol. The fourth-order valence-corrected chi connectivity index (χ4v) is 13.7. The van der Waals surface area contributed by atoms with E-state index in [1.807, 2.05) is 55.4 Å². The fraction of sp³-hybridized carbons (Fsp3) is 0.230. The van der Waals surface area contributed by atoms with Crippen molar-refractivity contribution in [2.24, 2.45) is 0 Å². The van der Waals surface area contributed by atoms with Gasteiger partial charge in [0.1, 0.15) is 22.8 Å². The number of anilines is 3. The Kier molecular flexibility index (Phi) is 26.7. The number of benzene rings is 4. The van der Waals surface area contributed by atoms with Crippen molar-refractivity contribution in [2.75, 3.05) is 45.6 Å². The maximum atomic E-state index is 13.2. The van der Waals surface area contributed by atoms with E-state index >= 15 is 0 Å². The first kappa shape index (κ1) is 95.3. The van der Waals surface area contributed by atoms with Gasteiger partial charge < -0.3 is 54.8 Å². The third-order valence-electron chi connectivity index (χ3n) is 21.3. The van der Waals surface area contributed by atoms with Gasteiger partial charge in [0.2, 0.25) is 0 Å². The zero-order valence-corrected chi connectivity index (χ0v) is 73.0.